The SMILES string of the molecule is CCNC(CC)c1ccc(OCCc2ccsc2)cc1. The third-order valence-corrected chi connectivity index (χ3v) is 4.11. The van der Waals surface area contributed by atoms with E-state index in [-0.39, 0.29) is 0 Å². The van der Waals surface area contributed by atoms with Crippen LogP contribution in [-0.2, 0) is 6.42 Å². The normalized spacial score (nSPS) is 12.3. The molecule has 0 aliphatic rings. The summed E-state index contributed by atoms with van der Waals surface area (Å²) in [4.78, 5) is 0. The van der Waals surface area contributed by atoms with Gasteiger partial charge >= 0.3 is 0 Å². The molecular formula is C17H23NOS. The van der Waals surface area contributed by atoms with Crippen LogP contribution in [0.15, 0.2) is 41.1 Å². The maximum absolute atomic E-state index is 5.79. The zero-order chi connectivity index (χ0) is 14.2. The Hall–Kier alpha value is -1.32. The average Bonchev–Trinajstić information content (AvgIpc) is 2.99. The molecule has 0 saturated carbocycles. The second kappa shape index (κ2) is 8.08. The Labute approximate surface area is 125 Å². The fraction of sp³-hybridized carbons (Fsp3) is 0.412. The molecular weight excluding hydrogens is 266 g/mol. The summed E-state index contributed by atoms with van der Waals surface area (Å²) in [6.45, 7) is 6.08. The minimum atomic E-state index is 0.444. The number of hydrogen-bond acceptors (Lipinski definition) is 3. The van der Waals surface area contributed by atoms with Crippen molar-refractivity contribution < 1.29 is 4.74 Å². The predicted molar refractivity (Wildman–Crippen MR) is 86.7 cm³/mol. The van der Waals surface area contributed by atoms with Crippen molar-refractivity contribution in [1.82, 2.24) is 5.32 Å². The van der Waals surface area contributed by atoms with Crippen LogP contribution in [0.4, 0.5) is 0 Å². The van der Waals surface area contributed by atoms with Crippen LogP contribution >= 0.6 is 11.3 Å². The maximum Gasteiger partial charge on any atom is 0.119 e. The first-order valence-electron chi connectivity index (χ1n) is 7.30. The van der Waals surface area contributed by atoms with Crippen molar-refractivity contribution in [3.63, 3.8) is 0 Å². The molecule has 108 valence electrons. The Bertz CT molecular complexity index is 478. The van der Waals surface area contributed by atoms with Gasteiger partial charge in [-0.1, -0.05) is 26.0 Å². The van der Waals surface area contributed by atoms with Gasteiger partial charge in [0, 0.05) is 12.5 Å². The number of rotatable bonds is 8. The first-order chi connectivity index (χ1) is 9.83. The van der Waals surface area contributed by atoms with Gasteiger partial charge in [0.1, 0.15) is 5.75 Å². The molecule has 1 heterocycles. The van der Waals surface area contributed by atoms with Gasteiger partial charge in [-0.05, 0) is 53.1 Å². The van der Waals surface area contributed by atoms with E-state index in [1.54, 1.807) is 11.3 Å². The predicted octanol–water partition coefficient (Wildman–Crippen LogP) is 4.43. The summed E-state index contributed by atoms with van der Waals surface area (Å²) in [5.41, 5.74) is 2.68. The van der Waals surface area contributed by atoms with E-state index in [2.05, 4.69) is 60.3 Å². The zero-order valence-corrected chi connectivity index (χ0v) is 13.1. The maximum atomic E-state index is 5.79. The highest BCUT2D eigenvalue weighted by molar-refractivity contribution is 7.07. The summed E-state index contributed by atoms with van der Waals surface area (Å²) in [5.74, 6) is 0.954. The number of ether oxygens (including phenoxy) is 1. The first-order valence-corrected chi connectivity index (χ1v) is 8.25. The molecule has 0 radical (unpaired) electrons. The van der Waals surface area contributed by atoms with Crippen molar-refractivity contribution in [2.24, 2.45) is 0 Å². The van der Waals surface area contributed by atoms with Crippen molar-refractivity contribution in [3.05, 3.63) is 52.2 Å². The van der Waals surface area contributed by atoms with Crippen LogP contribution in [0.25, 0.3) is 0 Å². The lowest BCUT2D eigenvalue weighted by atomic mass is 10.0. The molecule has 0 amide bonds. The topological polar surface area (TPSA) is 21.3 Å². The Kier molecular flexibility index (Phi) is 6.09. The van der Waals surface area contributed by atoms with Crippen LogP contribution in [0.2, 0.25) is 0 Å². The van der Waals surface area contributed by atoms with Gasteiger partial charge < -0.3 is 10.1 Å². The van der Waals surface area contributed by atoms with Crippen molar-refractivity contribution in [1.29, 1.82) is 0 Å². The lowest BCUT2D eigenvalue weighted by Crippen LogP contribution is -2.19. The fourth-order valence-corrected chi connectivity index (χ4v) is 2.97. The number of hydrogen-bond donors (Lipinski definition) is 1. The smallest absolute Gasteiger partial charge is 0.119 e. The van der Waals surface area contributed by atoms with Crippen LogP contribution in [0, 0.1) is 0 Å². The van der Waals surface area contributed by atoms with Crippen molar-refractivity contribution in [3.8, 4) is 5.75 Å². The van der Waals surface area contributed by atoms with Crippen LogP contribution in [0.1, 0.15) is 37.4 Å². The van der Waals surface area contributed by atoms with E-state index in [1.807, 2.05) is 0 Å². The fourth-order valence-electron chi connectivity index (χ4n) is 2.26. The van der Waals surface area contributed by atoms with Gasteiger partial charge in [-0.3, -0.25) is 0 Å². The molecule has 0 bridgehead atoms. The highest BCUT2D eigenvalue weighted by Gasteiger charge is 2.07. The minimum absolute atomic E-state index is 0.444. The second-order valence-corrected chi connectivity index (χ2v) is 5.60. The molecule has 0 fully saturated rings. The molecule has 0 aliphatic heterocycles. The van der Waals surface area contributed by atoms with Crippen LogP contribution in [0.5, 0.6) is 5.75 Å². The van der Waals surface area contributed by atoms with Crippen molar-refractivity contribution >= 4 is 11.3 Å². The average molecular weight is 289 g/mol. The van der Waals surface area contributed by atoms with Crippen LogP contribution < -0.4 is 10.1 Å². The molecule has 1 N–H and O–H groups in total. The first kappa shape index (κ1) is 15.1. The molecule has 2 aromatic rings. The van der Waals surface area contributed by atoms with Crippen molar-refractivity contribution in [2.75, 3.05) is 13.2 Å². The lowest BCUT2D eigenvalue weighted by Gasteiger charge is -2.16. The summed E-state index contributed by atoms with van der Waals surface area (Å²) in [6.07, 6.45) is 2.08. The summed E-state index contributed by atoms with van der Waals surface area (Å²) in [6, 6.07) is 11.1. The summed E-state index contributed by atoms with van der Waals surface area (Å²) < 4.78 is 5.79. The number of benzene rings is 1. The molecule has 3 heteroatoms. The number of nitrogens with one attached hydrogen (secondary N) is 1. The van der Waals surface area contributed by atoms with Gasteiger partial charge in [0.15, 0.2) is 0 Å². The Morgan fingerprint density at radius 3 is 2.55 bits per heavy atom. The molecule has 1 unspecified atom stereocenters. The monoisotopic (exact) mass is 289 g/mol. The highest BCUT2D eigenvalue weighted by Crippen LogP contribution is 2.20. The van der Waals surface area contributed by atoms with Gasteiger partial charge in [-0.15, -0.1) is 0 Å². The molecule has 0 spiro atoms. The largest absolute Gasteiger partial charge is 0.493 e. The second-order valence-electron chi connectivity index (χ2n) is 4.82. The molecule has 0 aliphatic carbocycles. The summed E-state index contributed by atoms with van der Waals surface area (Å²) in [5, 5.41) is 7.77. The Morgan fingerprint density at radius 1 is 1.15 bits per heavy atom. The highest BCUT2D eigenvalue weighted by atomic mass is 32.1. The Morgan fingerprint density at radius 2 is 1.95 bits per heavy atom. The van der Waals surface area contributed by atoms with E-state index < -0.39 is 0 Å². The zero-order valence-electron chi connectivity index (χ0n) is 12.3. The van der Waals surface area contributed by atoms with Gasteiger partial charge in [-0.25, -0.2) is 0 Å². The molecule has 2 rings (SSSR count). The molecule has 1 aromatic carbocycles. The van der Waals surface area contributed by atoms with E-state index in [4.69, 9.17) is 4.74 Å². The van der Waals surface area contributed by atoms with E-state index in [9.17, 15) is 0 Å². The van der Waals surface area contributed by atoms with E-state index in [0.717, 1.165) is 31.7 Å². The van der Waals surface area contributed by atoms with Crippen molar-refractivity contribution in [2.45, 2.75) is 32.7 Å². The summed E-state index contributed by atoms with van der Waals surface area (Å²) in [7, 11) is 0. The van der Waals surface area contributed by atoms with Crippen LogP contribution in [0.3, 0.4) is 0 Å². The molecule has 1 atom stereocenters. The van der Waals surface area contributed by atoms with Gasteiger partial charge in [0.05, 0.1) is 6.61 Å². The lowest BCUT2D eigenvalue weighted by molar-refractivity contribution is 0.322. The van der Waals surface area contributed by atoms with E-state index in [1.165, 1.54) is 11.1 Å². The van der Waals surface area contributed by atoms with E-state index >= 15 is 0 Å². The molecule has 2 nitrogen and oxygen atoms in total. The van der Waals surface area contributed by atoms with Gasteiger partial charge in [0.2, 0.25) is 0 Å². The summed E-state index contributed by atoms with van der Waals surface area (Å²) >= 11 is 1.74. The molecule has 0 saturated heterocycles. The number of thiophene rings is 1. The minimum Gasteiger partial charge on any atom is -0.493 e. The van der Waals surface area contributed by atoms with Crippen LogP contribution in [-0.4, -0.2) is 13.2 Å². The Balaban J connectivity index is 1.84. The van der Waals surface area contributed by atoms with E-state index in [0.29, 0.717) is 6.04 Å². The molecule has 20 heavy (non-hydrogen) atoms. The quantitative estimate of drug-likeness (QED) is 0.776. The third-order valence-electron chi connectivity index (χ3n) is 3.38. The molecule has 1 aromatic heterocycles. The van der Waals surface area contributed by atoms with Gasteiger partial charge in [-0.2, -0.15) is 11.3 Å². The van der Waals surface area contributed by atoms with Gasteiger partial charge in [0.25, 0.3) is 0 Å². The third kappa shape index (κ3) is 4.36. The standard InChI is InChI=1S/C17H23NOS/c1-3-17(18-4-2)15-5-7-16(8-6-15)19-11-9-14-10-12-20-13-14/h5-8,10,12-13,17-18H,3-4,9,11H2,1-2H3.